The summed E-state index contributed by atoms with van der Waals surface area (Å²) in [5, 5.41) is 3.33. The molecule has 0 saturated carbocycles. The third-order valence-corrected chi connectivity index (χ3v) is 4.03. The Hall–Kier alpha value is -1.02. The summed E-state index contributed by atoms with van der Waals surface area (Å²) in [5.74, 6) is 1.67. The number of nitrogens with one attached hydrogen (secondary N) is 1. The number of nitrogens with zero attached hydrogens (tertiary/aromatic N) is 1. The Kier molecular flexibility index (Phi) is 3.72. The molecule has 1 heterocycles. The number of para-hydroxylation sites is 1. The van der Waals surface area contributed by atoms with E-state index in [1.165, 1.54) is 24.3 Å². The second-order valence-electron chi connectivity index (χ2n) is 5.48. The van der Waals surface area contributed by atoms with Gasteiger partial charge >= 0.3 is 0 Å². The molecule has 1 saturated heterocycles. The summed E-state index contributed by atoms with van der Waals surface area (Å²) >= 11 is 0. The van der Waals surface area contributed by atoms with Gasteiger partial charge in [0.25, 0.3) is 0 Å². The van der Waals surface area contributed by atoms with Crippen molar-refractivity contribution in [2.45, 2.75) is 26.8 Å². The van der Waals surface area contributed by atoms with Crippen LogP contribution in [0.4, 0.5) is 5.69 Å². The molecule has 1 aliphatic rings. The Balaban J connectivity index is 2.12. The van der Waals surface area contributed by atoms with Gasteiger partial charge in [0.15, 0.2) is 0 Å². The van der Waals surface area contributed by atoms with E-state index in [2.05, 4.69) is 55.3 Å². The average molecular weight is 232 g/mol. The van der Waals surface area contributed by atoms with Crippen molar-refractivity contribution in [1.29, 1.82) is 0 Å². The lowest BCUT2D eigenvalue weighted by Crippen LogP contribution is -2.49. The van der Waals surface area contributed by atoms with E-state index in [4.69, 9.17) is 0 Å². The van der Waals surface area contributed by atoms with Crippen LogP contribution in [0.25, 0.3) is 0 Å². The first-order chi connectivity index (χ1) is 8.13. The van der Waals surface area contributed by atoms with Crippen molar-refractivity contribution in [3.05, 3.63) is 29.8 Å². The summed E-state index contributed by atoms with van der Waals surface area (Å²) < 4.78 is 0. The predicted octanol–water partition coefficient (Wildman–Crippen LogP) is 3.06. The smallest absolute Gasteiger partial charge is 0.0414 e. The molecule has 1 unspecified atom stereocenters. The number of anilines is 1. The first kappa shape index (κ1) is 12.4. The molecule has 1 aliphatic heterocycles. The molecule has 0 aliphatic carbocycles. The van der Waals surface area contributed by atoms with Gasteiger partial charge in [-0.1, -0.05) is 32.0 Å². The molecule has 0 spiro atoms. The lowest BCUT2D eigenvalue weighted by Gasteiger charge is -2.44. The lowest BCUT2D eigenvalue weighted by molar-refractivity contribution is 0.309. The minimum Gasteiger partial charge on any atom is -0.371 e. The van der Waals surface area contributed by atoms with E-state index >= 15 is 0 Å². The zero-order chi connectivity index (χ0) is 12.4. The van der Waals surface area contributed by atoms with Gasteiger partial charge in [0, 0.05) is 24.8 Å². The molecule has 2 nitrogen and oxygen atoms in total. The molecule has 1 N–H and O–H groups in total. The van der Waals surface area contributed by atoms with Crippen molar-refractivity contribution in [3.8, 4) is 0 Å². The third kappa shape index (κ3) is 2.47. The van der Waals surface area contributed by atoms with Crippen LogP contribution >= 0.6 is 0 Å². The fourth-order valence-electron chi connectivity index (χ4n) is 2.43. The van der Waals surface area contributed by atoms with Crippen LogP contribution in [0.1, 0.15) is 32.4 Å². The molecule has 0 amide bonds. The Morgan fingerprint density at radius 1 is 1.18 bits per heavy atom. The van der Waals surface area contributed by atoms with Crippen LogP contribution in [0.5, 0.6) is 0 Å². The van der Waals surface area contributed by atoms with Gasteiger partial charge in [0.2, 0.25) is 0 Å². The van der Waals surface area contributed by atoms with Gasteiger partial charge in [-0.25, -0.2) is 0 Å². The highest BCUT2D eigenvalue weighted by atomic mass is 15.2. The molecule has 1 aromatic carbocycles. The first-order valence-electron chi connectivity index (χ1n) is 6.64. The van der Waals surface area contributed by atoms with Crippen LogP contribution in [-0.2, 0) is 0 Å². The van der Waals surface area contributed by atoms with Gasteiger partial charge in [-0.05, 0) is 37.4 Å². The van der Waals surface area contributed by atoms with Gasteiger partial charge in [-0.2, -0.15) is 0 Å². The quantitative estimate of drug-likeness (QED) is 0.858. The number of hydrogen-bond acceptors (Lipinski definition) is 2. The van der Waals surface area contributed by atoms with Crippen molar-refractivity contribution in [1.82, 2.24) is 5.32 Å². The van der Waals surface area contributed by atoms with E-state index < -0.39 is 0 Å². The monoisotopic (exact) mass is 232 g/mol. The molecule has 1 atom stereocenters. The Morgan fingerprint density at radius 2 is 1.82 bits per heavy atom. The van der Waals surface area contributed by atoms with Crippen LogP contribution in [0.2, 0.25) is 0 Å². The number of hydrogen-bond donors (Lipinski definition) is 1. The SMILES string of the molecule is CNC(C)c1ccccc1N1CC(C(C)C)C1. The lowest BCUT2D eigenvalue weighted by atomic mass is 9.87. The second kappa shape index (κ2) is 5.09. The maximum Gasteiger partial charge on any atom is 0.0414 e. The number of benzene rings is 1. The van der Waals surface area contributed by atoms with E-state index in [0.29, 0.717) is 6.04 Å². The molecular weight excluding hydrogens is 208 g/mol. The molecule has 0 bridgehead atoms. The fraction of sp³-hybridized carbons (Fsp3) is 0.600. The molecular formula is C15H24N2. The maximum atomic E-state index is 3.33. The van der Waals surface area contributed by atoms with Gasteiger partial charge in [0.05, 0.1) is 0 Å². The molecule has 2 heteroatoms. The van der Waals surface area contributed by atoms with E-state index in [1.807, 2.05) is 7.05 Å². The molecule has 94 valence electrons. The largest absolute Gasteiger partial charge is 0.371 e. The average Bonchev–Trinajstić information content (AvgIpc) is 2.26. The van der Waals surface area contributed by atoms with Crippen molar-refractivity contribution in [2.24, 2.45) is 11.8 Å². The first-order valence-corrected chi connectivity index (χ1v) is 6.64. The zero-order valence-electron chi connectivity index (χ0n) is 11.4. The van der Waals surface area contributed by atoms with Gasteiger partial charge < -0.3 is 10.2 Å². The summed E-state index contributed by atoms with van der Waals surface area (Å²) in [5.41, 5.74) is 2.82. The summed E-state index contributed by atoms with van der Waals surface area (Å²) in [6.45, 7) is 9.29. The summed E-state index contributed by atoms with van der Waals surface area (Å²) in [6, 6.07) is 9.18. The standard InChI is InChI=1S/C15H24N2/c1-11(2)13-9-17(10-13)15-8-6-5-7-14(15)12(3)16-4/h5-8,11-13,16H,9-10H2,1-4H3. The van der Waals surface area contributed by atoms with Gasteiger partial charge in [-0.3, -0.25) is 0 Å². The third-order valence-electron chi connectivity index (χ3n) is 4.03. The van der Waals surface area contributed by atoms with Gasteiger partial charge in [0.1, 0.15) is 0 Å². The number of rotatable bonds is 4. The molecule has 0 aromatic heterocycles. The van der Waals surface area contributed by atoms with Crippen molar-refractivity contribution < 1.29 is 0 Å². The van der Waals surface area contributed by atoms with Crippen LogP contribution in [-0.4, -0.2) is 20.1 Å². The molecule has 1 fully saturated rings. The summed E-state index contributed by atoms with van der Waals surface area (Å²) in [4.78, 5) is 2.51. The van der Waals surface area contributed by atoms with Crippen LogP contribution in [0.3, 0.4) is 0 Å². The highest BCUT2D eigenvalue weighted by molar-refractivity contribution is 5.56. The molecule has 2 rings (SSSR count). The predicted molar refractivity (Wildman–Crippen MR) is 74.5 cm³/mol. The Labute approximate surface area is 105 Å². The molecule has 0 radical (unpaired) electrons. The minimum absolute atomic E-state index is 0.421. The van der Waals surface area contributed by atoms with E-state index in [1.54, 1.807) is 0 Å². The van der Waals surface area contributed by atoms with E-state index in [9.17, 15) is 0 Å². The molecule has 17 heavy (non-hydrogen) atoms. The normalized spacial score (nSPS) is 18.3. The summed E-state index contributed by atoms with van der Waals surface area (Å²) in [7, 11) is 2.02. The van der Waals surface area contributed by atoms with Crippen LogP contribution < -0.4 is 10.2 Å². The molecule has 1 aromatic rings. The maximum absolute atomic E-state index is 3.33. The van der Waals surface area contributed by atoms with Crippen LogP contribution in [0, 0.1) is 11.8 Å². The Morgan fingerprint density at radius 3 is 2.41 bits per heavy atom. The van der Waals surface area contributed by atoms with Gasteiger partial charge in [-0.15, -0.1) is 0 Å². The summed E-state index contributed by atoms with van der Waals surface area (Å²) in [6.07, 6.45) is 0. The second-order valence-corrected chi connectivity index (χ2v) is 5.48. The van der Waals surface area contributed by atoms with Crippen molar-refractivity contribution in [3.63, 3.8) is 0 Å². The van der Waals surface area contributed by atoms with E-state index in [-0.39, 0.29) is 0 Å². The van der Waals surface area contributed by atoms with Crippen molar-refractivity contribution in [2.75, 3.05) is 25.0 Å². The zero-order valence-corrected chi connectivity index (χ0v) is 11.4. The highest BCUT2D eigenvalue weighted by Crippen LogP contribution is 2.33. The fourth-order valence-corrected chi connectivity index (χ4v) is 2.43. The van der Waals surface area contributed by atoms with E-state index in [0.717, 1.165) is 11.8 Å². The highest BCUT2D eigenvalue weighted by Gasteiger charge is 2.30. The van der Waals surface area contributed by atoms with Crippen LogP contribution in [0.15, 0.2) is 24.3 Å². The Bertz CT molecular complexity index is 367. The minimum atomic E-state index is 0.421. The topological polar surface area (TPSA) is 15.3 Å². The van der Waals surface area contributed by atoms with Crippen molar-refractivity contribution >= 4 is 5.69 Å².